The second-order valence-electron chi connectivity index (χ2n) is 4.83. The standard InChI is InChI=1S/C16H14ClN3O/c1-10(11-6-2-4-8-13(11)17)18-16(21)15-12-7-3-5-9-14(12)19-20-15/h2-10H,1H3,(H,18,21)(H,19,20). The number of halogens is 1. The van der Waals surface area contributed by atoms with E-state index in [1.807, 2.05) is 55.5 Å². The molecule has 4 nitrogen and oxygen atoms in total. The lowest BCUT2D eigenvalue weighted by Crippen LogP contribution is -2.27. The van der Waals surface area contributed by atoms with Crippen molar-refractivity contribution in [3.8, 4) is 0 Å². The Kier molecular flexibility index (Phi) is 3.62. The van der Waals surface area contributed by atoms with E-state index in [-0.39, 0.29) is 11.9 Å². The lowest BCUT2D eigenvalue weighted by molar-refractivity contribution is 0.0936. The number of benzene rings is 2. The highest BCUT2D eigenvalue weighted by Crippen LogP contribution is 2.23. The number of hydrogen-bond acceptors (Lipinski definition) is 2. The number of amides is 1. The maximum Gasteiger partial charge on any atom is 0.272 e. The molecule has 0 aliphatic rings. The van der Waals surface area contributed by atoms with Crippen LogP contribution in [0.3, 0.4) is 0 Å². The fraction of sp³-hybridized carbons (Fsp3) is 0.125. The van der Waals surface area contributed by atoms with Gasteiger partial charge in [-0.2, -0.15) is 5.10 Å². The molecule has 1 atom stereocenters. The number of aromatic nitrogens is 2. The SMILES string of the molecule is CC(NC(=O)c1n[nH]c2ccccc12)c1ccccc1Cl. The molecule has 106 valence electrons. The van der Waals surface area contributed by atoms with Crippen LogP contribution < -0.4 is 5.32 Å². The predicted molar refractivity (Wildman–Crippen MR) is 83.4 cm³/mol. The topological polar surface area (TPSA) is 57.8 Å². The number of nitrogens with one attached hydrogen (secondary N) is 2. The summed E-state index contributed by atoms with van der Waals surface area (Å²) in [5, 5.41) is 11.3. The summed E-state index contributed by atoms with van der Waals surface area (Å²) in [5.74, 6) is -0.222. The monoisotopic (exact) mass is 299 g/mol. The number of nitrogens with zero attached hydrogens (tertiary/aromatic N) is 1. The summed E-state index contributed by atoms with van der Waals surface area (Å²) in [6.07, 6.45) is 0. The molecule has 0 radical (unpaired) electrons. The van der Waals surface area contributed by atoms with Gasteiger partial charge in [-0.3, -0.25) is 9.89 Å². The van der Waals surface area contributed by atoms with Gasteiger partial charge in [-0.05, 0) is 24.6 Å². The lowest BCUT2D eigenvalue weighted by Gasteiger charge is -2.14. The van der Waals surface area contributed by atoms with Crippen LogP contribution in [0.25, 0.3) is 10.9 Å². The van der Waals surface area contributed by atoms with Crippen LogP contribution in [-0.4, -0.2) is 16.1 Å². The number of fused-ring (bicyclic) bond motifs is 1. The van der Waals surface area contributed by atoms with Gasteiger partial charge in [-0.15, -0.1) is 0 Å². The first-order valence-corrected chi connectivity index (χ1v) is 7.03. The van der Waals surface area contributed by atoms with Gasteiger partial charge in [-0.1, -0.05) is 48.0 Å². The predicted octanol–water partition coefficient (Wildman–Crippen LogP) is 3.71. The summed E-state index contributed by atoms with van der Waals surface area (Å²) in [4.78, 5) is 12.4. The van der Waals surface area contributed by atoms with Gasteiger partial charge in [0.25, 0.3) is 5.91 Å². The molecule has 0 fully saturated rings. The van der Waals surface area contributed by atoms with Crippen molar-refractivity contribution < 1.29 is 4.79 Å². The molecule has 2 aromatic carbocycles. The van der Waals surface area contributed by atoms with Crippen molar-refractivity contribution >= 4 is 28.4 Å². The molecular formula is C16H14ClN3O. The molecule has 21 heavy (non-hydrogen) atoms. The van der Waals surface area contributed by atoms with Crippen LogP contribution in [0.15, 0.2) is 48.5 Å². The number of carbonyl (C=O) groups excluding carboxylic acids is 1. The molecule has 0 spiro atoms. The maximum absolute atomic E-state index is 12.4. The Balaban J connectivity index is 1.85. The first kappa shape index (κ1) is 13.6. The third-order valence-electron chi connectivity index (χ3n) is 3.40. The minimum Gasteiger partial charge on any atom is -0.344 e. The molecule has 5 heteroatoms. The van der Waals surface area contributed by atoms with E-state index in [2.05, 4.69) is 15.5 Å². The Morgan fingerprint density at radius 3 is 2.71 bits per heavy atom. The van der Waals surface area contributed by atoms with Crippen molar-refractivity contribution in [2.24, 2.45) is 0 Å². The third kappa shape index (κ3) is 2.62. The van der Waals surface area contributed by atoms with E-state index in [9.17, 15) is 4.79 Å². The zero-order chi connectivity index (χ0) is 14.8. The average molecular weight is 300 g/mol. The molecular weight excluding hydrogens is 286 g/mol. The smallest absolute Gasteiger partial charge is 0.272 e. The molecule has 0 saturated heterocycles. The van der Waals surface area contributed by atoms with Gasteiger partial charge in [0.05, 0.1) is 11.6 Å². The number of H-pyrrole nitrogens is 1. The van der Waals surface area contributed by atoms with Gasteiger partial charge in [0.1, 0.15) is 0 Å². The fourth-order valence-corrected chi connectivity index (χ4v) is 2.60. The van der Waals surface area contributed by atoms with E-state index < -0.39 is 0 Å². The summed E-state index contributed by atoms with van der Waals surface area (Å²) in [6.45, 7) is 1.90. The summed E-state index contributed by atoms with van der Waals surface area (Å²) in [5.41, 5.74) is 2.12. The number of carbonyl (C=O) groups is 1. The normalized spacial score (nSPS) is 12.3. The quantitative estimate of drug-likeness (QED) is 0.774. The molecule has 3 rings (SSSR count). The number of aromatic amines is 1. The average Bonchev–Trinajstić information content (AvgIpc) is 2.91. The minimum absolute atomic E-state index is 0.193. The highest BCUT2D eigenvalue weighted by molar-refractivity contribution is 6.31. The van der Waals surface area contributed by atoms with Gasteiger partial charge in [0.15, 0.2) is 5.69 Å². The maximum atomic E-state index is 12.4. The molecule has 0 aliphatic heterocycles. The molecule has 1 heterocycles. The van der Waals surface area contributed by atoms with Crippen LogP contribution in [0.5, 0.6) is 0 Å². The van der Waals surface area contributed by atoms with Gasteiger partial charge in [0.2, 0.25) is 0 Å². The van der Waals surface area contributed by atoms with E-state index >= 15 is 0 Å². The van der Waals surface area contributed by atoms with Gasteiger partial charge in [-0.25, -0.2) is 0 Å². The Morgan fingerprint density at radius 2 is 1.90 bits per heavy atom. The van der Waals surface area contributed by atoms with E-state index in [1.165, 1.54) is 0 Å². The second kappa shape index (κ2) is 5.58. The molecule has 0 bridgehead atoms. The van der Waals surface area contributed by atoms with Crippen molar-refractivity contribution in [1.29, 1.82) is 0 Å². The van der Waals surface area contributed by atoms with E-state index in [1.54, 1.807) is 0 Å². The molecule has 1 unspecified atom stereocenters. The highest BCUT2D eigenvalue weighted by Gasteiger charge is 2.17. The molecule has 1 aromatic heterocycles. The van der Waals surface area contributed by atoms with Crippen molar-refractivity contribution in [1.82, 2.24) is 15.5 Å². The summed E-state index contributed by atoms with van der Waals surface area (Å²) in [7, 11) is 0. The number of rotatable bonds is 3. The molecule has 3 aromatic rings. The third-order valence-corrected chi connectivity index (χ3v) is 3.75. The van der Waals surface area contributed by atoms with E-state index in [0.717, 1.165) is 16.5 Å². The first-order valence-electron chi connectivity index (χ1n) is 6.65. The van der Waals surface area contributed by atoms with Crippen molar-refractivity contribution in [3.05, 3.63) is 64.8 Å². The molecule has 0 aliphatic carbocycles. The fourth-order valence-electron chi connectivity index (χ4n) is 2.31. The Hall–Kier alpha value is -2.33. The summed E-state index contributed by atoms with van der Waals surface area (Å²) in [6, 6.07) is 14.8. The van der Waals surface area contributed by atoms with E-state index in [4.69, 9.17) is 11.6 Å². The number of hydrogen-bond donors (Lipinski definition) is 2. The largest absolute Gasteiger partial charge is 0.344 e. The van der Waals surface area contributed by atoms with Gasteiger partial charge >= 0.3 is 0 Å². The zero-order valence-corrected chi connectivity index (χ0v) is 12.2. The highest BCUT2D eigenvalue weighted by atomic mass is 35.5. The number of para-hydroxylation sites is 1. The van der Waals surface area contributed by atoms with Gasteiger partial charge in [0, 0.05) is 10.4 Å². The van der Waals surface area contributed by atoms with Crippen molar-refractivity contribution in [2.45, 2.75) is 13.0 Å². The molecule has 0 saturated carbocycles. The Labute approximate surface area is 127 Å². The van der Waals surface area contributed by atoms with Crippen LogP contribution in [0.1, 0.15) is 29.0 Å². The molecule has 1 amide bonds. The first-order chi connectivity index (χ1) is 10.2. The van der Waals surface area contributed by atoms with Crippen LogP contribution in [0.2, 0.25) is 5.02 Å². The van der Waals surface area contributed by atoms with Crippen LogP contribution in [0.4, 0.5) is 0 Å². The van der Waals surface area contributed by atoms with Crippen molar-refractivity contribution in [2.75, 3.05) is 0 Å². The Morgan fingerprint density at radius 1 is 1.19 bits per heavy atom. The van der Waals surface area contributed by atoms with Crippen molar-refractivity contribution in [3.63, 3.8) is 0 Å². The van der Waals surface area contributed by atoms with Crippen LogP contribution >= 0.6 is 11.6 Å². The van der Waals surface area contributed by atoms with Gasteiger partial charge < -0.3 is 5.32 Å². The summed E-state index contributed by atoms with van der Waals surface area (Å²) >= 11 is 6.15. The lowest BCUT2D eigenvalue weighted by atomic mass is 10.1. The van der Waals surface area contributed by atoms with Crippen LogP contribution in [0, 0.1) is 0 Å². The second-order valence-corrected chi connectivity index (χ2v) is 5.24. The minimum atomic E-state index is -0.222. The Bertz CT molecular complexity index is 797. The van der Waals surface area contributed by atoms with E-state index in [0.29, 0.717) is 10.7 Å². The summed E-state index contributed by atoms with van der Waals surface area (Å²) < 4.78 is 0. The zero-order valence-electron chi connectivity index (χ0n) is 11.4. The van der Waals surface area contributed by atoms with Crippen LogP contribution in [-0.2, 0) is 0 Å². The molecule has 2 N–H and O–H groups in total.